The summed E-state index contributed by atoms with van der Waals surface area (Å²) in [6.07, 6.45) is 5.88. The summed E-state index contributed by atoms with van der Waals surface area (Å²) < 4.78 is 0. The molecule has 132 valence electrons. The molecule has 1 heterocycles. The first-order valence-corrected chi connectivity index (χ1v) is 9.38. The van der Waals surface area contributed by atoms with Gasteiger partial charge in [-0.3, -0.25) is 4.79 Å². The number of hydrogen-bond donors (Lipinski definition) is 1. The minimum atomic E-state index is 0.163. The summed E-state index contributed by atoms with van der Waals surface area (Å²) in [6.45, 7) is 2.29. The van der Waals surface area contributed by atoms with Crippen molar-refractivity contribution in [2.24, 2.45) is 11.7 Å². The second-order valence-corrected chi connectivity index (χ2v) is 7.04. The summed E-state index contributed by atoms with van der Waals surface area (Å²) in [7, 11) is 0. The van der Waals surface area contributed by atoms with Gasteiger partial charge in [0.15, 0.2) is 0 Å². The summed E-state index contributed by atoms with van der Waals surface area (Å²) in [6, 6.07) is 18.4. The van der Waals surface area contributed by atoms with Crippen molar-refractivity contribution in [3.8, 4) is 0 Å². The lowest BCUT2D eigenvalue weighted by atomic mass is 9.91. The van der Waals surface area contributed by atoms with E-state index in [1.165, 1.54) is 24.8 Å². The number of carbonyl (C=O) groups is 1. The maximum atomic E-state index is 12.7. The SMILES string of the molecule is NCc1ccc(C(=O)N2CCCC(CCCc3ccccc3)C2)cc1. The van der Waals surface area contributed by atoms with Crippen LogP contribution in [0.4, 0.5) is 0 Å². The zero-order chi connectivity index (χ0) is 17.5. The minimum absolute atomic E-state index is 0.163. The third-order valence-electron chi connectivity index (χ3n) is 5.16. The zero-order valence-corrected chi connectivity index (χ0v) is 14.9. The highest BCUT2D eigenvalue weighted by Crippen LogP contribution is 2.23. The Morgan fingerprint density at radius 2 is 1.80 bits per heavy atom. The lowest BCUT2D eigenvalue weighted by molar-refractivity contribution is 0.0667. The maximum Gasteiger partial charge on any atom is 0.253 e. The van der Waals surface area contributed by atoms with Crippen molar-refractivity contribution in [2.45, 2.75) is 38.6 Å². The van der Waals surface area contributed by atoms with Crippen LogP contribution in [0.1, 0.15) is 47.2 Å². The van der Waals surface area contributed by atoms with Crippen molar-refractivity contribution in [1.29, 1.82) is 0 Å². The Kier molecular flexibility index (Phi) is 6.24. The molecule has 1 aliphatic heterocycles. The van der Waals surface area contributed by atoms with Gasteiger partial charge in [-0.05, 0) is 61.3 Å². The monoisotopic (exact) mass is 336 g/mol. The fourth-order valence-electron chi connectivity index (χ4n) is 3.69. The Morgan fingerprint density at radius 1 is 1.04 bits per heavy atom. The van der Waals surface area contributed by atoms with Crippen molar-refractivity contribution >= 4 is 5.91 Å². The molecule has 2 aromatic carbocycles. The number of nitrogens with zero attached hydrogens (tertiary/aromatic N) is 1. The van der Waals surface area contributed by atoms with E-state index in [1.807, 2.05) is 29.2 Å². The molecule has 3 heteroatoms. The number of aryl methyl sites for hydroxylation is 1. The molecule has 0 aliphatic carbocycles. The highest BCUT2D eigenvalue weighted by Gasteiger charge is 2.24. The summed E-state index contributed by atoms with van der Waals surface area (Å²) in [5.74, 6) is 0.793. The van der Waals surface area contributed by atoms with Crippen LogP contribution in [0.15, 0.2) is 54.6 Å². The predicted molar refractivity (Wildman–Crippen MR) is 102 cm³/mol. The Morgan fingerprint density at radius 3 is 2.52 bits per heavy atom. The molecule has 2 aromatic rings. The topological polar surface area (TPSA) is 46.3 Å². The predicted octanol–water partition coefficient (Wildman–Crippen LogP) is 4.02. The second kappa shape index (κ2) is 8.82. The molecule has 1 amide bonds. The van der Waals surface area contributed by atoms with E-state index in [4.69, 9.17) is 5.73 Å². The van der Waals surface area contributed by atoms with Crippen LogP contribution in [0, 0.1) is 5.92 Å². The fraction of sp³-hybridized carbons (Fsp3) is 0.409. The second-order valence-electron chi connectivity index (χ2n) is 7.04. The van der Waals surface area contributed by atoms with Gasteiger partial charge in [-0.2, -0.15) is 0 Å². The molecule has 3 rings (SSSR count). The van der Waals surface area contributed by atoms with Gasteiger partial charge in [0.2, 0.25) is 0 Å². The van der Waals surface area contributed by atoms with Gasteiger partial charge in [-0.1, -0.05) is 42.5 Å². The number of carbonyl (C=O) groups excluding carboxylic acids is 1. The summed E-state index contributed by atoms with van der Waals surface area (Å²) in [5.41, 5.74) is 8.88. The van der Waals surface area contributed by atoms with Crippen molar-refractivity contribution < 1.29 is 4.79 Å². The summed E-state index contributed by atoms with van der Waals surface area (Å²) in [5, 5.41) is 0. The van der Waals surface area contributed by atoms with Gasteiger partial charge in [0.25, 0.3) is 5.91 Å². The first kappa shape index (κ1) is 17.7. The molecule has 1 unspecified atom stereocenters. The number of piperidine rings is 1. The fourth-order valence-corrected chi connectivity index (χ4v) is 3.69. The molecule has 0 spiro atoms. The molecule has 2 N–H and O–H groups in total. The molecule has 1 aliphatic rings. The molecule has 0 bridgehead atoms. The van der Waals surface area contributed by atoms with Crippen molar-refractivity contribution in [3.63, 3.8) is 0 Å². The number of rotatable bonds is 6. The molecule has 25 heavy (non-hydrogen) atoms. The lowest BCUT2D eigenvalue weighted by Crippen LogP contribution is -2.39. The average Bonchev–Trinajstić information content (AvgIpc) is 2.68. The summed E-state index contributed by atoms with van der Waals surface area (Å²) >= 11 is 0. The average molecular weight is 336 g/mol. The number of amides is 1. The Bertz CT molecular complexity index is 666. The van der Waals surface area contributed by atoms with Gasteiger partial charge in [0.1, 0.15) is 0 Å². The van der Waals surface area contributed by atoms with Gasteiger partial charge in [0.05, 0.1) is 0 Å². The third-order valence-corrected chi connectivity index (χ3v) is 5.16. The summed E-state index contributed by atoms with van der Waals surface area (Å²) in [4.78, 5) is 14.8. The van der Waals surface area contributed by atoms with Crippen LogP contribution in [0.5, 0.6) is 0 Å². The molecule has 3 nitrogen and oxygen atoms in total. The molecular formula is C22H28N2O. The highest BCUT2D eigenvalue weighted by atomic mass is 16.2. The van der Waals surface area contributed by atoms with E-state index in [2.05, 4.69) is 30.3 Å². The van der Waals surface area contributed by atoms with Crippen LogP contribution in [-0.4, -0.2) is 23.9 Å². The molecule has 0 saturated carbocycles. The Hall–Kier alpha value is -2.13. The van der Waals surface area contributed by atoms with E-state index in [9.17, 15) is 4.79 Å². The normalized spacial score (nSPS) is 17.5. The van der Waals surface area contributed by atoms with Gasteiger partial charge < -0.3 is 10.6 Å². The van der Waals surface area contributed by atoms with Crippen molar-refractivity contribution in [3.05, 3.63) is 71.3 Å². The first-order chi connectivity index (χ1) is 12.3. The number of benzene rings is 2. The van der Waals surface area contributed by atoms with E-state index in [0.717, 1.165) is 37.1 Å². The van der Waals surface area contributed by atoms with Crippen LogP contribution in [0.2, 0.25) is 0 Å². The van der Waals surface area contributed by atoms with Gasteiger partial charge in [0, 0.05) is 25.2 Å². The van der Waals surface area contributed by atoms with Crippen LogP contribution in [0.3, 0.4) is 0 Å². The van der Waals surface area contributed by atoms with Crippen LogP contribution < -0.4 is 5.73 Å². The lowest BCUT2D eigenvalue weighted by Gasteiger charge is -2.33. The van der Waals surface area contributed by atoms with Gasteiger partial charge in [-0.15, -0.1) is 0 Å². The zero-order valence-electron chi connectivity index (χ0n) is 14.9. The largest absolute Gasteiger partial charge is 0.338 e. The number of likely N-dealkylation sites (tertiary alicyclic amines) is 1. The Balaban J connectivity index is 1.50. The minimum Gasteiger partial charge on any atom is -0.338 e. The van der Waals surface area contributed by atoms with Crippen LogP contribution in [0.25, 0.3) is 0 Å². The molecular weight excluding hydrogens is 308 g/mol. The highest BCUT2D eigenvalue weighted by molar-refractivity contribution is 5.94. The molecule has 1 saturated heterocycles. The van der Waals surface area contributed by atoms with Crippen molar-refractivity contribution in [1.82, 2.24) is 4.90 Å². The quantitative estimate of drug-likeness (QED) is 0.866. The van der Waals surface area contributed by atoms with Crippen molar-refractivity contribution in [2.75, 3.05) is 13.1 Å². The smallest absolute Gasteiger partial charge is 0.253 e. The van der Waals surface area contributed by atoms with E-state index < -0.39 is 0 Å². The molecule has 0 aromatic heterocycles. The molecule has 1 fully saturated rings. The van der Waals surface area contributed by atoms with Crippen LogP contribution in [-0.2, 0) is 13.0 Å². The number of nitrogens with two attached hydrogens (primary N) is 1. The first-order valence-electron chi connectivity index (χ1n) is 9.38. The van der Waals surface area contributed by atoms with Crippen LogP contribution >= 0.6 is 0 Å². The molecule has 1 atom stereocenters. The third kappa shape index (κ3) is 4.93. The maximum absolute atomic E-state index is 12.7. The van der Waals surface area contributed by atoms with E-state index in [-0.39, 0.29) is 5.91 Å². The van der Waals surface area contributed by atoms with E-state index in [1.54, 1.807) is 0 Å². The van der Waals surface area contributed by atoms with Gasteiger partial charge in [-0.25, -0.2) is 0 Å². The van der Waals surface area contributed by atoms with Gasteiger partial charge >= 0.3 is 0 Å². The standard InChI is InChI=1S/C22H28N2O/c23-16-19-11-13-21(14-12-19)22(25)24-15-5-10-20(17-24)9-4-8-18-6-2-1-3-7-18/h1-3,6-7,11-14,20H,4-5,8-10,15-17,23H2. The Labute approximate surface area is 150 Å². The number of hydrogen-bond acceptors (Lipinski definition) is 2. The van der Waals surface area contributed by atoms with E-state index in [0.29, 0.717) is 12.5 Å². The van der Waals surface area contributed by atoms with E-state index >= 15 is 0 Å². The molecule has 0 radical (unpaired) electrons.